The molecule has 106 valence electrons. The summed E-state index contributed by atoms with van der Waals surface area (Å²) in [6, 6.07) is 6.34. The van der Waals surface area contributed by atoms with Crippen LogP contribution in [0, 0.1) is 25.7 Å². The van der Waals surface area contributed by atoms with Crippen LogP contribution in [0.2, 0.25) is 0 Å². The quantitative estimate of drug-likeness (QED) is 0.894. The van der Waals surface area contributed by atoms with Crippen molar-refractivity contribution < 1.29 is 4.74 Å². The molecule has 1 saturated carbocycles. The molecule has 19 heavy (non-hydrogen) atoms. The summed E-state index contributed by atoms with van der Waals surface area (Å²) in [5.41, 5.74) is 8.39. The van der Waals surface area contributed by atoms with Gasteiger partial charge in [-0.15, -0.1) is 0 Å². The summed E-state index contributed by atoms with van der Waals surface area (Å²) in [5, 5.41) is 0. The third kappa shape index (κ3) is 3.30. The number of nitrogens with two attached hydrogens (primary N) is 1. The number of para-hydroxylation sites is 1. The first-order valence-corrected chi connectivity index (χ1v) is 7.58. The third-order valence-electron chi connectivity index (χ3n) is 4.60. The van der Waals surface area contributed by atoms with Crippen molar-refractivity contribution in [2.45, 2.75) is 52.6 Å². The highest BCUT2D eigenvalue weighted by Crippen LogP contribution is 2.35. The molecule has 0 amide bonds. The second-order valence-corrected chi connectivity index (χ2v) is 5.96. The van der Waals surface area contributed by atoms with E-state index in [9.17, 15) is 0 Å². The molecule has 0 aromatic heterocycles. The molecule has 1 aliphatic carbocycles. The highest BCUT2D eigenvalue weighted by Gasteiger charge is 2.30. The number of hydrogen-bond acceptors (Lipinski definition) is 2. The van der Waals surface area contributed by atoms with Gasteiger partial charge >= 0.3 is 0 Å². The van der Waals surface area contributed by atoms with Crippen LogP contribution in [0.1, 0.15) is 43.7 Å². The predicted octanol–water partition coefficient (Wildman–Crippen LogP) is 3.84. The van der Waals surface area contributed by atoms with Gasteiger partial charge in [-0.05, 0) is 56.7 Å². The first-order valence-electron chi connectivity index (χ1n) is 7.58. The number of aryl methyl sites for hydroxylation is 2. The summed E-state index contributed by atoms with van der Waals surface area (Å²) in [7, 11) is 0. The van der Waals surface area contributed by atoms with Gasteiger partial charge in [0.05, 0.1) is 0 Å². The summed E-state index contributed by atoms with van der Waals surface area (Å²) in [4.78, 5) is 0. The maximum atomic E-state index is 6.37. The third-order valence-corrected chi connectivity index (χ3v) is 4.60. The molecule has 0 bridgehead atoms. The Balaban J connectivity index is 2.14. The van der Waals surface area contributed by atoms with E-state index in [1.54, 1.807) is 0 Å². The fourth-order valence-electron chi connectivity index (χ4n) is 3.20. The summed E-state index contributed by atoms with van der Waals surface area (Å²) < 4.78 is 6.37. The van der Waals surface area contributed by atoms with Crippen LogP contribution in [-0.2, 0) is 0 Å². The number of rotatable bonds is 4. The van der Waals surface area contributed by atoms with Crippen LogP contribution < -0.4 is 10.5 Å². The van der Waals surface area contributed by atoms with Crippen molar-refractivity contribution in [3.63, 3.8) is 0 Å². The van der Waals surface area contributed by atoms with Crippen LogP contribution in [0.4, 0.5) is 0 Å². The van der Waals surface area contributed by atoms with Gasteiger partial charge in [0.25, 0.3) is 0 Å². The molecule has 0 saturated heterocycles. The lowest BCUT2D eigenvalue weighted by Gasteiger charge is -2.36. The van der Waals surface area contributed by atoms with Gasteiger partial charge in [-0.1, -0.05) is 31.5 Å². The molecule has 0 heterocycles. The average molecular weight is 261 g/mol. The van der Waals surface area contributed by atoms with Gasteiger partial charge in [-0.3, -0.25) is 0 Å². The minimum absolute atomic E-state index is 0.295. The topological polar surface area (TPSA) is 35.2 Å². The summed E-state index contributed by atoms with van der Waals surface area (Å²) >= 11 is 0. The van der Waals surface area contributed by atoms with Crippen molar-refractivity contribution in [1.82, 2.24) is 0 Å². The second-order valence-electron chi connectivity index (χ2n) is 5.96. The van der Waals surface area contributed by atoms with Crippen LogP contribution in [0.15, 0.2) is 18.2 Å². The van der Waals surface area contributed by atoms with Crippen LogP contribution in [-0.4, -0.2) is 12.6 Å². The minimum atomic E-state index is 0.295. The zero-order chi connectivity index (χ0) is 13.8. The van der Waals surface area contributed by atoms with Crippen molar-refractivity contribution >= 4 is 0 Å². The van der Waals surface area contributed by atoms with Crippen molar-refractivity contribution in [3.8, 4) is 5.75 Å². The van der Waals surface area contributed by atoms with Crippen LogP contribution in [0.5, 0.6) is 5.75 Å². The molecule has 3 atom stereocenters. The van der Waals surface area contributed by atoms with Crippen molar-refractivity contribution in [1.29, 1.82) is 0 Å². The highest BCUT2D eigenvalue weighted by molar-refractivity contribution is 5.39. The van der Waals surface area contributed by atoms with E-state index in [4.69, 9.17) is 10.5 Å². The molecule has 1 fully saturated rings. The molecule has 2 rings (SSSR count). The molecule has 1 aliphatic rings. The summed E-state index contributed by atoms with van der Waals surface area (Å²) in [6.45, 7) is 7.27. The zero-order valence-electron chi connectivity index (χ0n) is 12.5. The molecule has 1 aromatic carbocycles. The number of hydrogen-bond donors (Lipinski definition) is 1. The lowest BCUT2D eigenvalue weighted by atomic mass is 9.78. The summed E-state index contributed by atoms with van der Waals surface area (Å²) in [6.07, 6.45) is 5.23. The van der Waals surface area contributed by atoms with E-state index in [1.165, 1.54) is 30.4 Å². The van der Waals surface area contributed by atoms with E-state index in [2.05, 4.69) is 39.0 Å². The Morgan fingerprint density at radius 3 is 2.47 bits per heavy atom. The first kappa shape index (κ1) is 14.4. The lowest BCUT2D eigenvalue weighted by molar-refractivity contribution is 0.0673. The Kier molecular flexibility index (Phi) is 4.87. The van der Waals surface area contributed by atoms with Gasteiger partial charge in [0.1, 0.15) is 11.9 Å². The van der Waals surface area contributed by atoms with E-state index in [0.717, 1.165) is 24.6 Å². The van der Waals surface area contributed by atoms with Gasteiger partial charge in [-0.25, -0.2) is 0 Å². The minimum Gasteiger partial charge on any atom is -0.490 e. The Morgan fingerprint density at radius 2 is 1.89 bits per heavy atom. The highest BCUT2D eigenvalue weighted by atomic mass is 16.5. The smallest absolute Gasteiger partial charge is 0.125 e. The van der Waals surface area contributed by atoms with Crippen LogP contribution >= 0.6 is 0 Å². The second kappa shape index (κ2) is 6.42. The number of ether oxygens (including phenoxy) is 1. The largest absolute Gasteiger partial charge is 0.490 e. The molecular formula is C17H27NO. The standard InChI is InChI=1S/C17H27NO/c1-4-14-8-9-15(11-18)16(10-14)19-17-12(2)6-5-7-13(17)3/h5-7,14-16H,4,8-11,18H2,1-3H3. The van der Waals surface area contributed by atoms with Crippen LogP contribution in [0.3, 0.4) is 0 Å². The van der Waals surface area contributed by atoms with Gasteiger partial charge < -0.3 is 10.5 Å². The Bertz CT molecular complexity index is 395. The SMILES string of the molecule is CCC1CCC(CN)C(Oc2c(C)cccc2C)C1. The van der Waals surface area contributed by atoms with E-state index in [-0.39, 0.29) is 0 Å². The molecule has 2 heteroatoms. The van der Waals surface area contributed by atoms with E-state index < -0.39 is 0 Å². The summed E-state index contributed by atoms with van der Waals surface area (Å²) in [5.74, 6) is 2.39. The Hall–Kier alpha value is -1.02. The van der Waals surface area contributed by atoms with Crippen molar-refractivity contribution in [2.75, 3.05) is 6.54 Å². The normalized spacial score (nSPS) is 27.3. The molecule has 0 aliphatic heterocycles. The molecule has 2 nitrogen and oxygen atoms in total. The maximum absolute atomic E-state index is 6.37. The van der Waals surface area contributed by atoms with Crippen LogP contribution in [0.25, 0.3) is 0 Å². The Morgan fingerprint density at radius 1 is 1.21 bits per heavy atom. The molecule has 0 spiro atoms. The maximum Gasteiger partial charge on any atom is 0.125 e. The van der Waals surface area contributed by atoms with Crippen molar-refractivity contribution in [2.24, 2.45) is 17.6 Å². The monoisotopic (exact) mass is 261 g/mol. The lowest BCUT2D eigenvalue weighted by Crippen LogP contribution is -2.38. The van der Waals surface area contributed by atoms with E-state index >= 15 is 0 Å². The van der Waals surface area contributed by atoms with Gasteiger partial charge in [0, 0.05) is 5.92 Å². The molecule has 2 N–H and O–H groups in total. The van der Waals surface area contributed by atoms with Crippen molar-refractivity contribution in [3.05, 3.63) is 29.3 Å². The van der Waals surface area contributed by atoms with Gasteiger partial charge in [0.2, 0.25) is 0 Å². The molecular weight excluding hydrogens is 234 g/mol. The van der Waals surface area contributed by atoms with E-state index in [1.807, 2.05) is 0 Å². The zero-order valence-corrected chi connectivity index (χ0v) is 12.5. The predicted molar refractivity (Wildman–Crippen MR) is 80.5 cm³/mol. The first-order chi connectivity index (χ1) is 9.15. The fourth-order valence-corrected chi connectivity index (χ4v) is 3.20. The molecule has 1 aromatic rings. The molecule has 3 unspecified atom stereocenters. The fraction of sp³-hybridized carbons (Fsp3) is 0.647. The molecule has 0 radical (unpaired) electrons. The average Bonchev–Trinajstić information content (AvgIpc) is 2.42. The Labute approximate surface area is 117 Å². The number of benzene rings is 1. The van der Waals surface area contributed by atoms with Gasteiger partial charge in [0.15, 0.2) is 0 Å². The van der Waals surface area contributed by atoms with E-state index in [0.29, 0.717) is 12.0 Å². The van der Waals surface area contributed by atoms with Gasteiger partial charge in [-0.2, -0.15) is 0 Å².